The molecule has 1 amide bonds. The molecule has 25 heavy (non-hydrogen) atoms. The molecule has 0 aliphatic heterocycles. The number of aryl methyl sites for hydroxylation is 1. The third kappa shape index (κ3) is 3.40. The number of hydrogen-bond donors (Lipinski definition) is 2. The standard InChI is InChI=1S/C17H15FN6O/c1-24-16-6-5-11(9-15(16)22-23-24)17(25)21-8-7-20-14-4-2-3-13(18)12(14)10-19/h2-6,9,20H,7-8H2,1H3,(H,21,25). The number of fused-ring (bicyclic) bond motifs is 1. The highest BCUT2D eigenvalue weighted by Gasteiger charge is 2.10. The zero-order chi connectivity index (χ0) is 17.8. The van der Waals surface area contributed by atoms with Crippen LogP contribution in [0.4, 0.5) is 10.1 Å². The van der Waals surface area contributed by atoms with Gasteiger partial charge in [-0.25, -0.2) is 9.07 Å². The molecule has 0 fully saturated rings. The zero-order valence-corrected chi connectivity index (χ0v) is 13.5. The number of nitrogens with one attached hydrogen (secondary N) is 2. The monoisotopic (exact) mass is 338 g/mol. The molecule has 8 heteroatoms. The summed E-state index contributed by atoms with van der Waals surface area (Å²) < 4.78 is 15.1. The molecule has 0 atom stereocenters. The number of nitriles is 1. The summed E-state index contributed by atoms with van der Waals surface area (Å²) in [6.45, 7) is 0.677. The third-order valence-corrected chi connectivity index (χ3v) is 3.72. The molecule has 7 nitrogen and oxygen atoms in total. The van der Waals surface area contributed by atoms with Gasteiger partial charge in [-0.15, -0.1) is 5.10 Å². The lowest BCUT2D eigenvalue weighted by atomic mass is 10.2. The van der Waals surface area contributed by atoms with Crippen LogP contribution in [0.15, 0.2) is 36.4 Å². The molecule has 0 unspecified atom stereocenters. The first kappa shape index (κ1) is 16.4. The number of rotatable bonds is 5. The lowest BCUT2D eigenvalue weighted by Crippen LogP contribution is -2.28. The van der Waals surface area contributed by atoms with E-state index in [1.165, 1.54) is 12.1 Å². The van der Waals surface area contributed by atoms with Gasteiger partial charge in [-0.3, -0.25) is 4.79 Å². The number of amides is 1. The van der Waals surface area contributed by atoms with Gasteiger partial charge < -0.3 is 10.6 Å². The van der Waals surface area contributed by atoms with Crippen LogP contribution in [0.3, 0.4) is 0 Å². The van der Waals surface area contributed by atoms with Gasteiger partial charge in [0.2, 0.25) is 0 Å². The Balaban J connectivity index is 1.57. The van der Waals surface area contributed by atoms with Gasteiger partial charge in [-0.05, 0) is 30.3 Å². The van der Waals surface area contributed by atoms with Crippen LogP contribution < -0.4 is 10.6 Å². The Morgan fingerprint density at radius 1 is 1.32 bits per heavy atom. The van der Waals surface area contributed by atoms with E-state index in [4.69, 9.17) is 5.26 Å². The molecule has 3 aromatic rings. The topological polar surface area (TPSA) is 95.6 Å². The van der Waals surface area contributed by atoms with Crippen LogP contribution >= 0.6 is 0 Å². The summed E-state index contributed by atoms with van der Waals surface area (Å²) in [5, 5.41) is 22.5. The highest BCUT2D eigenvalue weighted by Crippen LogP contribution is 2.17. The van der Waals surface area contributed by atoms with Crippen molar-refractivity contribution in [2.75, 3.05) is 18.4 Å². The first-order valence-electron chi connectivity index (χ1n) is 7.60. The van der Waals surface area contributed by atoms with Crippen LogP contribution in [0, 0.1) is 17.1 Å². The Labute approximate surface area is 143 Å². The van der Waals surface area contributed by atoms with E-state index >= 15 is 0 Å². The van der Waals surface area contributed by atoms with Crippen molar-refractivity contribution in [3.8, 4) is 6.07 Å². The van der Waals surface area contributed by atoms with Gasteiger partial charge in [0, 0.05) is 25.7 Å². The second-order valence-electron chi connectivity index (χ2n) is 5.37. The van der Waals surface area contributed by atoms with Gasteiger partial charge in [0.05, 0.1) is 11.2 Å². The second kappa shape index (κ2) is 6.97. The lowest BCUT2D eigenvalue weighted by molar-refractivity contribution is 0.0955. The highest BCUT2D eigenvalue weighted by molar-refractivity contribution is 5.97. The molecule has 0 radical (unpaired) electrons. The summed E-state index contributed by atoms with van der Waals surface area (Å²) in [5.74, 6) is -0.817. The van der Waals surface area contributed by atoms with Gasteiger partial charge in [-0.2, -0.15) is 5.26 Å². The van der Waals surface area contributed by atoms with Crippen molar-refractivity contribution in [3.05, 3.63) is 53.3 Å². The number of hydrogen-bond acceptors (Lipinski definition) is 5. The molecule has 0 saturated carbocycles. The van der Waals surface area contributed by atoms with Crippen molar-refractivity contribution in [3.63, 3.8) is 0 Å². The van der Waals surface area contributed by atoms with E-state index < -0.39 is 5.82 Å². The fourth-order valence-electron chi connectivity index (χ4n) is 2.44. The molecule has 3 rings (SSSR count). The second-order valence-corrected chi connectivity index (χ2v) is 5.37. The molecule has 1 heterocycles. The molecular formula is C17H15FN6O. The van der Waals surface area contributed by atoms with Gasteiger partial charge in [0.1, 0.15) is 23.0 Å². The number of carbonyl (C=O) groups is 1. The fourth-order valence-corrected chi connectivity index (χ4v) is 2.44. The number of aromatic nitrogens is 3. The quantitative estimate of drug-likeness (QED) is 0.692. The van der Waals surface area contributed by atoms with E-state index in [1.807, 2.05) is 6.07 Å². The minimum atomic E-state index is -0.575. The zero-order valence-electron chi connectivity index (χ0n) is 13.5. The molecule has 2 N–H and O–H groups in total. The Morgan fingerprint density at radius 3 is 2.96 bits per heavy atom. The Morgan fingerprint density at radius 2 is 2.16 bits per heavy atom. The molecule has 0 aliphatic carbocycles. The number of halogens is 1. The third-order valence-electron chi connectivity index (χ3n) is 3.72. The van der Waals surface area contributed by atoms with Crippen LogP contribution in [0.25, 0.3) is 11.0 Å². The summed E-state index contributed by atoms with van der Waals surface area (Å²) in [6, 6.07) is 11.3. The number of anilines is 1. The van der Waals surface area contributed by atoms with E-state index in [9.17, 15) is 9.18 Å². The van der Waals surface area contributed by atoms with E-state index in [2.05, 4.69) is 20.9 Å². The summed E-state index contributed by atoms with van der Waals surface area (Å²) in [7, 11) is 1.78. The van der Waals surface area contributed by atoms with Crippen molar-refractivity contribution < 1.29 is 9.18 Å². The number of carbonyl (C=O) groups excluding carboxylic acids is 1. The molecule has 126 valence electrons. The molecule has 0 spiro atoms. The van der Waals surface area contributed by atoms with Crippen LogP contribution in [-0.2, 0) is 7.05 Å². The van der Waals surface area contributed by atoms with Crippen molar-refractivity contribution in [1.82, 2.24) is 20.3 Å². The van der Waals surface area contributed by atoms with Gasteiger partial charge >= 0.3 is 0 Å². The summed E-state index contributed by atoms with van der Waals surface area (Å²) in [6.07, 6.45) is 0. The van der Waals surface area contributed by atoms with E-state index in [-0.39, 0.29) is 11.5 Å². The van der Waals surface area contributed by atoms with Gasteiger partial charge in [-0.1, -0.05) is 11.3 Å². The first-order chi connectivity index (χ1) is 12.1. The van der Waals surface area contributed by atoms with E-state index in [1.54, 1.807) is 36.0 Å². The molecule has 2 aromatic carbocycles. The van der Waals surface area contributed by atoms with Crippen molar-refractivity contribution >= 4 is 22.6 Å². The number of nitrogens with zero attached hydrogens (tertiary/aromatic N) is 4. The minimum absolute atomic E-state index is 0.0399. The summed E-state index contributed by atoms with van der Waals surface area (Å²) in [5.41, 5.74) is 2.33. The Hall–Kier alpha value is -3.47. The average Bonchev–Trinajstić information content (AvgIpc) is 2.99. The van der Waals surface area contributed by atoms with Crippen LogP contribution in [-0.4, -0.2) is 34.0 Å². The molecule has 0 aliphatic rings. The van der Waals surface area contributed by atoms with Crippen LogP contribution in [0.2, 0.25) is 0 Å². The van der Waals surface area contributed by atoms with Crippen LogP contribution in [0.5, 0.6) is 0 Å². The smallest absolute Gasteiger partial charge is 0.251 e. The van der Waals surface area contributed by atoms with Gasteiger partial charge in [0.25, 0.3) is 5.91 Å². The van der Waals surface area contributed by atoms with E-state index in [0.717, 1.165) is 5.52 Å². The maximum absolute atomic E-state index is 13.5. The first-order valence-corrected chi connectivity index (χ1v) is 7.60. The Bertz CT molecular complexity index is 975. The normalized spacial score (nSPS) is 10.4. The molecular weight excluding hydrogens is 323 g/mol. The predicted molar refractivity (Wildman–Crippen MR) is 90.4 cm³/mol. The van der Waals surface area contributed by atoms with Crippen molar-refractivity contribution in [2.45, 2.75) is 0 Å². The maximum Gasteiger partial charge on any atom is 0.251 e. The average molecular weight is 338 g/mol. The Kier molecular flexibility index (Phi) is 4.57. The summed E-state index contributed by atoms with van der Waals surface area (Å²) >= 11 is 0. The molecule has 0 bridgehead atoms. The van der Waals surface area contributed by atoms with E-state index in [0.29, 0.717) is 29.9 Å². The highest BCUT2D eigenvalue weighted by atomic mass is 19.1. The minimum Gasteiger partial charge on any atom is -0.382 e. The van der Waals surface area contributed by atoms with Crippen LogP contribution in [0.1, 0.15) is 15.9 Å². The lowest BCUT2D eigenvalue weighted by Gasteiger charge is -2.09. The summed E-state index contributed by atoms with van der Waals surface area (Å²) in [4.78, 5) is 12.2. The number of benzene rings is 2. The fraction of sp³-hybridized carbons (Fsp3) is 0.176. The predicted octanol–water partition coefficient (Wildman–Crippen LogP) is 1.82. The van der Waals surface area contributed by atoms with Crippen molar-refractivity contribution in [1.29, 1.82) is 5.26 Å². The molecule has 0 saturated heterocycles. The van der Waals surface area contributed by atoms with Crippen molar-refractivity contribution in [2.24, 2.45) is 7.05 Å². The maximum atomic E-state index is 13.5. The SMILES string of the molecule is Cn1nnc2cc(C(=O)NCCNc3cccc(F)c3C#N)ccc21. The largest absolute Gasteiger partial charge is 0.382 e. The van der Waals surface area contributed by atoms with Gasteiger partial charge in [0.15, 0.2) is 0 Å². The molecule has 1 aromatic heterocycles.